The molecule has 0 aromatic rings. The van der Waals surface area contributed by atoms with Crippen LogP contribution in [-0.2, 0) is 14.3 Å². The summed E-state index contributed by atoms with van der Waals surface area (Å²) >= 11 is 0. The van der Waals surface area contributed by atoms with Crippen molar-refractivity contribution in [3.05, 3.63) is 0 Å². The molecule has 3 atom stereocenters. The van der Waals surface area contributed by atoms with Crippen LogP contribution in [0.3, 0.4) is 0 Å². The van der Waals surface area contributed by atoms with Gasteiger partial charge < -0.3 is 9.47 Å². The minimum absolute atomic E-state index is 0.0166. The van der Waals surface area contributed by atoms with E-state index in [9.17, 15) is 4.79 Å². The lowest BCUT2D eigenvalue weighted by Crippen LogP contribution is -2.32. The third-order valence-corrected chi connectivity index (χ3v) is 3.23. The summed E-state index contributed by atoms with van der Waals surface area (Å²) < 4.78 is 10.6. The lowest BCUT2D eigenvalue weighted by molar-refractivity contribution is -0.151. The van der Waals surface area contributed by atoms with Crippen LogP contribution < -0.4 is 0 Å². The van der Waals surface area contributed by atoms with E-state index >= 15 is 0 Å². The molecule has 1 rings (SSSR count). The number of hydrogen-bond donors (Lipinski definition) is 0. The summed E-state index contributed by atoms with van der Waals surface area (Å²) in [4.78, 5) is 11.6. The molecule has 0 aromatic heterocycles. The minimum atomic E-state index is -0.0562. The van der Waals surface area contributed by atoms with Crippen molar-refractivity contribution < 1.29 is 14.3 Å². The quantitative estimate of drug-likeness (QED) is 0.674. The molecule has 0 radical (unpaired) electrons. The summed E-state index contributed by atoms with van der Waals surface area (Å²) in [5.41, 5.74) is 0. The first-order valence-electron chi connectivity index (χ1n) is 5.97. The fraction of sp³-hybridized carbons (Fsp3) is 0.917. The molecule has 0 N–H and O–H groups in total. The highest BCUT2D eigenvalue weighted by atomic mass is 16.5. The molecule has 1 fully saturated rings. The predicted octanol–water partition coefficient (Wildman–Crippen LogP) is 2.39. The van der Waals surface area contributed by atoms with Crippen LogP contribution in [0.15, 0.2) is 0 Å². The molecule has 3 heteroatoms. The number of carbonyl (C=O) groups excluding carboxylic acids is 1. The van der Waals surface area contributed by atoms with Gasteiger partial charge >= 0.3 is 5.97 Å². The molecule has 15 heavy (non-hydrogen) atoms. The molecule has 1 saturated heterocycles. The third-order valence-electron chi connectivity index (χ3n) is 3.23. The highest BCUT2D eigenvalue weighted by Crippen LogP contribution is 2.29. The number of carbonyl (C=O) groups is 1. The average molecular weight is 214 g/mol. The van der Waals surface area contributed by atoms with Gasteiger partial charge in [-0.3, -0.25) is 4.79 Å². The molecule has 0 bridgehead atoms. The maximum Gasteiger partial charge on any atom is 0.308 e. The van der Waals surface area contributed by atoms with Gasteiger partial charge in [-0.1, -0.05) is 13.8 Å². The second kappa shape index (κ2) is 6.11. The van der Waals surface area contributed by atoms with Crippen LogP contribution >= 0.6 is 0 Å². The Hall–Kier alpha value is -0.570. The van der Waals surface area contributed by atoms with Crippen molar-refractivity contribution in [2.24, 2.45) is 11.8 Å². The van der Waals surface area contributed by atoms with E-state index in [0.717, 1.165) is 25.9 Å². The maximum atomic E-state index is 11.6. The number of esters is 1. The largest absolute Gasteiger partial charge is 0.466 e. The Morgan fingerprint density at radius 3 is 2.87 bits per heavy atom. The smallest absolute Gasteiger partial charge is 0.308 e. The van der Waals surface area contributed by atoms with E-state index in [0.29, 0.717) is 18.6 Å². The SMILES string of the molecule is CCOC(=O)C(C)[C@H]1CCO[C@H](CC)C1. The first-order chi connectivity index (χ1) is 7.19. The van der Waals surface area contributed by atoms with Crippen LogP contribution in [0.4, 0.5) is 0 Å². The minimum Gasteiger partial charge on any atom is -0.466 e. The Labute approximate surface area is 92.1 Å². The Bertz CT molecular complexity index is 203. The number of hydrogen-bond acceptors (Lipinski definition) is 3. The van der Waals surface area contributed by atoms with Gasteiger partial charge in [-0.25, -0.2) is 0 Å². The topological polar surface area (TPSA) is 35.5 Å². The molecule has 0 amide bonds. The van der Waals surface area contributed by atoms with Gasteiger partial charge in [0.2, 0.25) is 0 Å². The van der Waals surface area contributed by atoms with Gasteiger partial charge in [-0.2, -0.15) is 0 Å². The summed E-state index contributed by atoms with van der Waals surface area (Å²) in [6, 6.07) is 0. The molecule has 1 aliphatic rings. The predicted molar refractivity (Wildman–Crippen MR) is 58.6 cm³/mol. The molecule has 3 nitrogen and oxygen atoms in total. The molecule has 1 unspecified atom stereocenters. The first kappa shape index (κ1) is 12.5. The van der Waals surface area contributed by atoms with Crippen molar-refractivity contribution >= 4 is 5.97 Å². The third kappa shape index (κ3) is 3.49. The van der Waals surface area contributed by atoms with E-state index < -0.39 is 0 Å². The maximum absolute atomic E-state index is 11.6. The van der Waals surface area contributed by atoms with Crippen LogP contribution in [0, 0.1) is 11.8 Å². The van der Waals surface area contributed by atoms with E-state index in [1.54, 1.807) is 0 Å². The lowest BCUT2D eigenvalue weighted by Gasteiger charge is -2.31. The fourth-order valence-corrected chi connectivity index (χ4v) is 2.11. The summed E-state index contributed by atoms with van der Waals surface area (Å²) in [6.07, 6.45) is 3.35. The summed E-state index contributed by atoms with van der Waals surface area (Å²) in [6.45, 7) is 7.21. The summed E-state index contributed by atoms with van der Waals surface area (Å²) in [5.74, 6) is 0.393. The summed E-state index contributed by atoms with van der Waals surface area (Å²) in [7, 11) is 0. The standard InChI is InChI=1S/C12H22O3/c1-4-11-8-10(6-7-15-11)9(3)12(13)14-5-2/h9-11H,4-8H2,1-3H3/t9?,10-,11+/m0/s1. The molecule has 88 valence electrons. The highest BCUT2D eigenvalue weighted by Gasteiger charge is 2.30. The Morgan fingerprint density at radius 2 is 2.27 bits per heavy atom. The highest BCUT2D eigenvalue weighted by molar-refractivity contribution is 5.72. The monoisotopic (exact) mass is 214 g/mol. The van der Waals surface area contributed by atoms with E-state index in [1.807, 2.05) is 13.8 Å². The van der Waals surface area contributed by atoms with Crippen LogP contribution in [0.1, 0.15) is 40.0 Å². The van der Waals surface area contributed by atoms with Crippen LogP contribution in [0.25, 0.3) is 0 Å². The van der Waals surface area contributed by atoms with E-state index in [1.165, 1.54) is 0 Å². The van der Waals surface area contributed by atoms with Crippen molar-refractivity contribution in [2.45, 2.75) is 46.1 Å². The fourth-order valence-electron chi connectivity index (χ4n) is 2.11. The Balaban J connectivity index is 2.44. The van der Waals surface area contributed by atoms with Crippen molar-refractivity contribution in [1.29, 1.82) is 0 Å². The second-order valence-electron chi connectivity index (χ2n) is 4.23. The van der Waals surface area contributed by atoms with Gasteiger partial charge in [0.15, 0.2) is 0 Å². The first-order valence-corrected chi connectivity index (χ1v) is 5.97. The van der Waals surface area contributed by atoms with Gasteiger partial charge in [0, 0.05) is 6.61 Å². The zero-order valence-corrected chi connectivity index (χ0v) is 9.99. The number of ether oxygens (including phenoxy) is 2. The van der Waals surface area contributed by atoms with Gasteiger partial charge in [-0.05, 0) is 32.1 Å². The molecule has 0 spiro atoms. The van der Waals surface area contributed by atoms with Gasteiger partial charge in [0.25, 0.3) is 0 Å². The Morgan fingerprint density at radius 1 is 1.53 bits per heavy atom. The van der Waals surface area contributed by atoms with Crippen molar-refractivity contribution in [2.75, 3.05) is 13.2 Å². The lowest BCUT2D eigenvalue weighted by atomic mass is 9.84. The van der Waals surface area contributed by atoms with Crippen molar-refractivity contribution in [3.8, 4) is 0 Å². The van der Waals surface area contributed by atoms with E-state index in [2.05, 4.69) is 6.92 Å². The normalized spacial score (nSPS) is 28.5. The molecule has 0 aliphatic carbocycles. The molecular formula is C12H22O3. The molecule has 0 saturated carbocycles. The van der Waals surface area contributed by atoms with Crippen molar-refractivity contribution in [3.63, 3.8) is 0 Å². The van der Waals surface area contributed by atoms with E-state index in [-0.39, 0.29) is 11.9 Å². The van der Waals surface area contributed by atoms with Crippen LogP contribution in [0.2, 0.25) is 0 Å². The van der Waals surface area contributed by atoms with Gasteiger partial charge in [0.1, 0.15) is 0 Å². The average Bonchev–Trinajstić information content (AvgIpc) is 2.28. The van der Waals surface area contributed by atoms with Crippen LogP contribution in [0.5, 0.6) is 0 Å². The zero-order valence-electron chi connectivity index (χ0n) is 9.99. The summed E-state index contributed by atoms with van der Waals surface area (Å²) in [5, 5.41) is 0. The van der Waals surface area contributed by atoms with Gasteiger partial charge in [-0.15, -0.1) is 0 Å². The number of rotatable bonds is 4. The Kier molecular flexibility index (Phi) is 5.09. The zero-order chi connectivity index (χ0) is 11.3. The molecule has 1 aliphatic heterocycles. The van der Waals surface area contributed by atoms with E-state index in [4.69, 9.17) is 9.47 Å². The second-order valence-corrected chi connectivity index (χ2v) is 4.23. The van der Waals surface area contributed by atoms with Gasteiger partial charge in [0.05, 0.1) is 18.6 Å². The van der Waals surface area contributed by atoms with Crippen molar-refractivity contribution in [1.82, 2.24) is 0 Å². The molecule has 0 aromatic carbocycles. The molecular weight excluding hydrogens is 192 g/mol. The molecule has 1 heterocycles. The van der Waals surface area contributed by atoms with Crippen LogP contribution in [-0.4, -0.2) is 25.3 Å².